The van der Waals surface area contributed by atoms with Gasteiger partial charge >= 0.3 is 34.2 Å². The molecule has 15 aromatic carbocycles. The van der Waals surface area contributed by atoms with E-state index in [1.807, 2.05) is 0 Å². The van der Waals surface area contributed by atoms with E-state index in [0.29, 0.717) is 6.85 Å². The van der Waals surface area contributed by atoms with Gasteiger partial charge in [-0.05, 0) is 229 Å². The Bertz CT molecular complexity index is 6410. The zero-order valence-corrected chi connectivity index (χ0v) is 60.5. The van der Waals surface area contributed by atoms with Crippen molar-refractivity contribution in [2.24, 2.45) is 0 Å². The third-order valence-corrected chi connectivity index (χ3v) is 23.5. The summed E-state index contributed by atoms with van der Waals surface area (Å²) in [6, 6.07) is 113. The van der Waals surface area contributed by atoms with E-state index in [1.165, 1.54) is 165 Å². The van der Waals surface area contributed by atoms with Gasteiger partial charge in [0.05, 0.1) is 0 Å². The fourth-order valence-corrected chi connectivity index (χ4v) is 18.5. The quantitative estimate of drug-likeness (QED) is 0.111. The molecule has 0 aromatic heterocycles. The molecule has 25 rings (SSSR count). The Kier molecular flexibility index (Phi) is 16.0. The minimum absolute atomic E-state index is 0.271. The Hall–Kier alpha value is -13.7. The van der Waals surface area contributed by atoms with Crippen molar-refractivity contribution in [2.45, 2.75) is 0 Å². The summed E-state index contributed by atoms with van der Waals surface area (Å²) in [6.07, 6.45) is 33.0. The number of nitrogens with zero attached hydrogens (tertiary/aromatic N) is 5. The fraction of sp³-hybridized carbons (Fsp3) is 0. The Labute approximate surface area is 644 Å². The Balaban J connectivity index is 0.0000000873. The molecule has 0 spiro atoms. The summed E-state index contributed by atoms with van der Waals surface area (Å²) in [4.78, 5) is 11.8. The molecule has 0 radical (unpaired) electrons. The lowest BCUT2D eigenvalue weighted by molar-refractivity contribution is 0.798. The van der Waals surface area contributed by atoms with Gasteiger partial charge in [0.15, 0.2) is 0 Å². The van der Waals surface area contributed by atoms with Crippen molar-refractivity contribution >= 4 is 181 Å². The zero-order chi connectivity index (χ0) is 72.6. The molecule has 0 bridgehead atoms. The molecule has 5 nitrogen and oxygen atoms in total. The van der Waals surface area contributed by atoms with E-state index >= 15 is 0 Å². The number of para-hydroxylation sites is 4. The average molecular weight is 1400 g/mol. The lowest BCUT2D eigenvalue weighted by Gasteiger charge is -2.40. The van der Waals surface area contributed by atoms with E-state index in [1.54, 1.807) is 0 Å². The van der Waals surface area contributed by atoms with Crippen LogP contribution in [0.1, 0.15) is 38.9 Å². The second-order valence-corrected chi connectivity index (χ2v) is 29.4. The van der Waals surface area contributed by atoms with Crippen LogP contribution in [0, 0.1) is 0 Å². The molecule has 10 heterocycles. The first kappa shape index (κ1) is 64.7. The fourth-order valence-electron chi connectivity index (χ4n) is 18.5. The second-order valence-electron chi connectivity index (χ2n) is 29.4. The summed E-state index contributed by atoms with van der Waals surface area (Å²) < 4.78 is 0. The standard InChI is InChI=1S/5C20H14BN/c1-5-11-19-15(7-1)13-14-21-18-10-4-2-8-16(18)17-9-3-6-12-20(17)22(19)21;1-4-10-18-15(7-1)13-14-22-20-12-6-3-9-17(20)16-8-2-5-11-19(16)21(18)22;1-3-7-18-15(5-1)9-10-17-12-14-22-13-11-16-6-2-4-8-19(16)21(22)20(17)18;1-3-7-18-15(5-1)9-10-17-12-14-22-19-8-4-2-6-16(19)11-13-21(22)20(17)18;1-2-6-18-15(5-1)7-8-16-9-10-17-11-14-22-13-4-3-12-21(22)20(17)19(16)18/h5*1-14H. The van der Waals surface area contributed by atoms with Gasteiger partial charge in [-0.25, -0.2) is 0 Å². The zero-order valence-electron chi connectivity index (χ0n) is 60.5. The van der Waals surface area contributed by atoms with Crippen LogP contribution in [0.3, 0.4) is 0 Å². The largest absolute Gasteiger partial charge is 0.389 e. The molecule has 0 atom stereocenters. The summed E-state index contributed by atoms with van der Waals surface area (Å²) >= 11 is 0. The first-order chi connectivity index (χ1) is 54.6. The van der Waals surface area contributed by atoms with E-state index in [4.69, 9.17) is 0 Å². The van der Waals surface area contributed by atoms with Gasteiger partial charge in [-0.3, -0.25) is 0 Å². The van der Waals surface area contributed by atoms with Crippen LogP contribution in [0.5, 0.6) is 0 Å². The minimum Gasteiger partial charge on any atom is -0.389 e. The van der Waals surface area contributed by atoms with Gasteiger partial charge in [-0.15, -0.1) is 0 Å². The predicted octanol–water partition coefficient (Wildman–Crippen LogP) is 18.9. The summed E-state index contributed by atoms with van der Waals surface area (Å²) in [7, 11) is 0. The molecule has 110 heavy (non-hydrogen) atoms. The van der Waals surface area contributed by atoms with Crippen LogP contribution in [0.25, 0.3) is 108 Å². The van der Waals surface area contributed by atoms with Crippen LogP contribution < -0.4 is 52.7 Å². The molecule has 10 aliphatic rings. The van der Waals surface area contributed by atoms with Gasteiger partial charge in [0.25, 0.3) is 0 Å². The van der Waals surface area contributed by atoms with Gasteiger partial charge in [0.2, 0.25) is 0 Å². The maximum Gasteiger partial charge on any atom is 0.329 e. The van der Waals surface area contributed by atoms with Gasteiger partial charge < -0.3 is 24.1 Å². The molecule has 0 unspecified atom stereocenters. The van der Waals surface area contributed by atoms with Crippen LogP contribution in [0.15, 0.2) is 383 Å². The molecule has 15 aromatic rings. The Morgan fingerprint density at radius 3 is 1.35 bits per heavy atom. The number of hydrogen-bond donors (Lipinski definition) is 0. The van der Waals surface area contributed by atoms with Crippen molar-refractivity contribution in [3.05, 3.63) is 422 Å². The lowest BCUT2D eigenvalue weighted by atomic mass is 9.44. The Morgan fingerprint density at radius 1 is 0.209 bits per heavy atom. The summed E-state index contributed by atoms with van der Waals surface area (Å²) in [6.45, 7) is 1.39. The number of fused-ring (bicyclic) bond motifs is 37. The molecule has 10 heteroatoms. The van der Waals surface area contributed by atoms with Crippen molar-refractivity contribution in [1.82, 2.24) is 9.62 Å². The van der Waals surface area contributed by atoms with Gasteiger partial charge in [-0.2, -0.15) is 0 Å². The summed E-state index contributed by atoms with van der Waals surface area (Å²) in [5.74, 6) is 6.91. The molecule has 510 valence electrons. The first-order valence-electron chi connectivity index (χ1n) is 38.4. The number of anilines is 4. The predicted molar refractivity (Wildman–Crippen MR) is 477 cm³/mol. The molecule has 0 saturated heterocycles. The van der Waals surface area contributed by atoms with Crippen molar-refractivity contribution < 1.29 is 0 Å². The third kappa shape index (κ3) is 11.0. The lowest BCUT2D eigenvalue weighted by Crippen LogP contribution is -2.59. The first-order valence-corrected chi connectivity index (χ1v) is 38.4. The van der Waals surface area contributed by atoms with Crippen LogP contribution in [0.4, 0.5) is 22.7 Å². The van der Waals surface area contributed by atoms with E-state index in [-0.39, 0.29) is 27.4 Å². The van der Waals surface area contributed by atoms with E-state index in [2.05, 4.69) is 449 Å². The SMILES string of the molecule is C1=CB2c3c(ccc4ccc5ccccc5c34)C=CN2C=C1.C1=CN2B(c3ccccc31)c1ccccc1-c1ccccc12.C1=CN2C=Cc3ccc4ccccc4c3B2c2ccccc21.C1=Cc2ccccc2N2B1c1ccccc1-c1ccccc12.C1=Cc2ccccc2N2C=Cc3ccc4ccccc4c3B12. The number of allylic oxidation sites excluding steroid dienone is 2. The maximum absolute atomic E-state index is 2.47. The van der Waals surface area contributed by atoms with Crippen LogP contribution in [-0.4, -0.2) is 43.9 Å². The van der Waals surface area contributed by atoms with Gasteiger partial charge in [0, 0.05) is 33.9 Å². The smallest absolute Gasteiger partial charge is 0.329 e. The second kappa shape index (κ2) is 27.3. The highest BCUT2D eigenvalue weighted by atomic mass is 15.1. The molecule has 0 amide bonds. The monoisotopic (exact) mass is 1400 g/mol. The van der Waals surface area contributed by atoms with Crippen molar-refractivity contribution in [3.8, 4) is 22.3 Å². The van der Waals surface area contributed by atoms with Gasteiger partial charge in [-0.1, -0.05) is 327 Å². The molecular formula is C100H70B5N5. The van der Waals surface area contributed by atoms with Crippen LogP contribution in [0.2, 0.25) is 0 Å². The number of hydrogen-bond acceptors (Lipinski definition) is 5. The molecule has 0 saturated carbocycles. The van der Waals surface area contributed by atoms with Gasteiger partial charge in [0.1, 0.15) is 0 Å². The highest BCUT2D eigenvalue weighted by Crippen LogP contribution is 2.44. The molecule has 0 aliphatic carbocycles. The average Bonchev–Trinajstić information content (AvgIpc) is 0.752. The molecule has 0 fully saturated rings. The van der Waals surface area contributed by atoms with Crippen molar-refractivity contribution in [2.75, 3.05) is 14.4 Å². The minimum atomic E-state index is 0.271. The van der Waals surface area contributed by atoms with E-state index in [0.717, 1.165) is 0 Å². The van der Waals surface area contributed by atoms with E-state index < -0.39 is 0 Å². The molecule has 0 N–H and O–H groups in total. The molecular weight excluding hydrogens is 1330 g/mol. The highest BCUT2D eigenvalue weighted by Gasteiger charge is 2.40. The van der Waals surface area contributed by atoms with Crippen LogP contribution in [-0.2, 0) is 0 Å². The third-order valence-electron chi connectivity index (χ3n) is 23.5. The van der Waals surface area contributed by atoms with Crippen molar-refractivity contribution in [1.29, 1.82) is 0 Å². The maximum atomic E-state index is 2.47. The number of rotatable bonds is 0. The summed E-state index contributed by atoms with van der Waals surface area (Å²) in [5, 5.41) is 10.7. The highest BCUT2D eigenvalue weighted by molar-refractivity contribution is 6.91. The summed E-state index contributed by atoms with van der Waals surface area (Å²) in [5.41, 5.74) is 29.4. The van der Waals surface area contributed by atoms with Crippen molar-refractivity contribution in [3.63, 3.8) is 0 Å². The Morgan fingerprint density at radius 2 is 0.645 bits per heavy atom. The number of benzene rings is 15. The van der Waals surface area contributed by atoms with Crippen LogP contribution >= 0.6 is 0 Å². The molecule has 10 aliphatic heterocycles. The van der Waals surface area contributed by atoms with E-state index in [9.17, 15) is 0 Å². The normalized spacial score (nSPS) is 14.6. The topological polar surface area (TPSA) is 16.2 Å².